The van der Waals surface area contributed by atoms with Crippen molar-refractivity contribution < 1.29 is 9.53 Å². The number of hydrogen-bond acceptors (Lipinski definition) is 4. The van der Waals surface area contributed by atoms with Crippen LogP contribution < -0.4 is 16.2 Å². The molecule has 110 valence electrons. The Kier molecular flexibility index (Phi) is 3.66. The summed E-state index contributed by atoms with van der Waals surface area (Å²) in [6.45, 7) is 0. The van der Waals surface area contributed by atoms with Crippen LogP contribution in [0.2, 0.25) is 0 Å². The van der Waals surface area contributed by atoms with Crippen molar-refractivity contribution >= 4 is 11.5 Å². The number of ether oxygens (including phenoxy) is 1. The lowest BCUT2D eigenvalue weighted by atomic mass is 10.0. The maximum absolute atomic E-state index is 11.3. The van der Waals surface area contributed by atoms with Crippen molar-refractivity contribution in [1.29, 1.82) is 0 Å². The highest BCUT2D eigenvalue weighted by molar-refractivity contribution is 5.93. The second kappa shape index (κ2) is 5.77. The Morgan fingerprint density at radius 2 is 1.77 bits per heavy atom. The summed E-state index contributed by atoms with van der Waals surface area (Å²) in [6.07, 6.45) is 3.28. The van der Waals surface area contributed by atoms with Gasteiger partial charge in [-0.3, -0.25) is 4.79 Å². The molecule has 0 spiro atoms. The largest absolute Gasteiger partial charge is 0.455 e. The van der Waals surface area contributed by atoms with E-state index >= 15 is 0 Å². The Balaban J connectivity index is 1.98. The first-order chi connectivity index (χ1) is 10.6. The maximum Gasteiger partial charge on any atom is 0.161 e. The Morgan fingerprint density at radius 3 is 2.55 bits per heavy atom. The quantitative estimate of drug-likeness (QED) is 0.852. The molecule has 0 heterocycles. The number of benzene rings is 2. The molecule has 4 N–H and O–H groups in total. The number of nitrogens with two attached hydrogens (primary N) is 2. The van der Waals surface area contributed by atoms with Gasteiger partial charge < -0.3 is 16.2 Å². The molecule has 0 aromatic heterocycles. The topological polar surface area (TPSA) is 78.3 Å². The molecule has 0 aliphatic heterocycles. The lowest BCUT2D eigenvalue weighted by molar-refractivity contribution is -0.114. The third kappa shape index (κ3) is 2.86. The number of rotatable bonds is 3. The van der Waals surface area contributed by atoms with Crippen LogP contribution in [0.4, 0.5) is 5.69 Å². The zero-order valence-corrected chi connectivity index (χ0v) is 12.0. The molecule has 2 aromatic rings. The number of nitrogen functional groups attached to an aromatic ring is 1. The normalized spacial score (nSPS) is 14.3. The number of anilines is 1. The maximum atomic E-state index is 11.3. The highest BCUT2D eigenvalue weighted by atomic mass is 16.5. The van der Waals surface area contributed by atoms with Gasteiger partial charge in [-0.2, -0.15) is 0 Å². The van der Waals surface area contributed by atoms with Gasteiger partial charge in [0.25, 0.3) is 0 Å². The molecule has 0 fully saturated rings. The molecule has 4 heteroatoms. The van der Waals surface area contributed by atoms with Gasteiger partial charge >= 0.3 is 0 Å². The zero-order chi connectivity index (χ0) is 15.5. The summed E-state index contributed by atoms with van der Waals surface area (Å²) in [6, 6.07) is 15.2. The van der Waals surface area contributed by atoms with E-state index < -0.39 is 0 Å². The molecule has 1 aliphatic carbocycles. The van der Waals surface area contributed by atoms with Crippen LogP contribution in [0, 0.1) is 0 Å². The van der Waals surface area contributed by atoms with Gasteiger partial charge in [0, 0.05) is 11.3 Å². The van der Waals surface area contributed by atoms with Crippen molar-refractivity contribution in [2.24, 2.45) is 5.73 Å². The SMILES string of the molecule is NC1=C(Oc2ccccc2-c2cccc(N)c2)C=CC(=O)C1. The van der Waals surface area contributed by atoms with Crippen molar-refractivity contribution in [1.82, 2.24) is 0 Å². The third-order valence-corrected chi connectivity index (χ3v) is 3.41. The lowest BCUT2D eigenvalue weighted by Crippen LogP contribution is -2.14. The standard InChI is InChI=1S/C18H16N2O2/c19-13-5-3-4-12(10-13)15-6-1-2-7-17(15)22-18-9-8-14(21)11-16(18)20/h1-10H,11,19-20H2. The molecule has 22 heavy (non-hydrogen) atoms. The van der Waals surface area contributed by atoms with Crippen molar-refractivity contribution in [2.75, 3.05) is 5.73 Å². The van der Waals surface area contributed by atoms with Crippen LogP contribution in [0.15, 0.2) is 72.1 Å². The van der Waals surface area contributed by atoms with Crippen LogP contribution in [0.5, 0.6) is 5.75 Å². The summed E-state index contributed by atoms with van der Waals surface area (Å²) in [5.41, 5.74) is 14.8. The highest BCUT2D eigenvalue weighted by Gasteiger charge is 2.14. The summed E-state index contributed by atoms with van der Waals surface area (Å²) < 4.78 is 5.92. The van der Waals surface area contributed by atoms with E-state index in [1.54, 1.807) is 6.08 Å². The van der Waals surface area contributed by atoms with Crippen molar-refractivity contribution in [3.8, 4) is 16.9 Å². The minimum atomic E-state index is -0.0195. The number of carbonyl (C=O) groups excluding carboxylic acids is 1. The lowest BCUT2D eigenvalue weighted by Gasteiger charge is -2.16. The smallest absolute Gasteiger partial charge is 0.161 e. The van der Waals surface area contributed by atoms with Gasteiger partial charge in [-0.15, -0.1) is 0 Å². The van der Waals surface area contributed by atoms with E-state index in [0.717, 1.165) is 11.1 Å². The third-order valence-electron chi connectivity index (χ3n) is 3.41. The summed E-state index contributed by atoms with van der Waals surface area (Å²) in [5.74, 6) is 1.16. The predicted octanol–water partition coefficient (Wildman–Crippen LogP) is 3.01. The van der Waals surface area contributed by atoms with Gasteiger partial charge in [-0.1, -0.05) is 30.3 Å². The number of para-hydroxylation sites is 1. The number of ketones is 1. The molecular formula is C18H16N2O2. The fourth-order valence-corrected chi connectivity index (χ4v) is 2.33. The van der Waals surface area contributed by atoms with Crippen LogP contribution in [0.25, 0.3) is 11.1 Å². The first-order valence-corrected chi connectivity index (χ1v) is 6.96. The minimum absolute atomic E-state index is 0.0195. The van der Waals surface area contributed by atoms with Gasteiger partial charge in [0.2, 0.25) is 0 Å². The zero-order valence-electron chi connectivity index (χ0n) is 12.0. The summed E-state index contributed by atoms with van der Waals surface area (Å²) >= 11 is 0. The molecule has 0 radical (unpaired) electrons. The minimum Gasteiger partial charge on any atom is -0.455 e. The number of hydrogen-bond donors (Lipinski definition) is 2. The van der Waals surface area contributed by atoms with E-state index in [1.165, 1.54) is 6.08 Å². The Hall–Kier alpha value is -3.01. The fourth-order valence-electron chi connectivity index (χ4n) is 2.33. The fraction of sp³-hybridized carbons (Fsp3) is 0.0556. The number of carbonyl (C=O) groups is 1. The summed E-state index contributed by atoms with van der Waals surface area (Å²) in [4.78, 5) is 11.3. The first-order valence-electron chi connectivity index (χ1n) is 6.96. The second-order valence-electron chi connectivity index (χ2n) is 5.09. The van der Waals surface area contributed by atoms with Crippen LogP contribution in [0.3, 0.4) is 0 Å². The molecule has 3 rings (SSSR count). The first kappa shape index (κ1) is 13.9. The van der Waals surface area contributed by atoms with E-state index in [-0.39, 0.29) is 12.2 Å². The second-order valence-corrected chi connectivity index (χ2v) is 5.09. The van der Waals surface area contributed by atoms with E-state index in [1.807, 2.05) is 48.5 Å². The average Bonchev–Trinajstić information content (AvgIpc) is 2.50. The molecular weight excluding hydrogens is 276 g/mol. The van der Waals surface area contributed by atoms with E-state index in [2.05, 4.69) is 0 Å². The van der Waals surface area contributed by atoms with E-state index in [0.29, 0.717) is 22.9 Å². The molecule has 0 amide bonds. The van der Waals surface area contributed by atoms with E-state index in [4.69, 9.17) is 16.2 Å². The summed E-state index contributed by atoms with van der Waals surface area (Å²) in [5, 5.41) is 0. The molecule has 0 saturated carbocycles. The molecule has 2 aromatic carbocycles. The van der Waals surface area contributed by atoms with Gasteiger partial charge in [-0.25, -0.2) is 0 Å². The average molecular weight is 292 g/mol. The van der Waals surface area contributed by atoms with Gasteiger partial charge in [0.15, 0.2) is 5.78 Å². The van der Waals surface area contributed by atoms with Gasteiger partial charge in [0.1, 0.15) is 11.5 Å². The van der Waals surface area contributed by atoms with Crippen LogP contribution in [-0.4, -0.2) is 5.78 Å². The van der Waals surface area contributed by atoms with Crippen LogP contribution in [0.1, 0.15) is 6.42 Å². The van der Waals surface area contributed by atoms with Gasteiger partial charge in [0.05, 0.1) is 12.1 Å². The van der Waals surface area contributed by atoms with Crippen LogP contribution >= 0.6 is 0 Å². The van der Waals surface area contributed by atoms with Crippen molar-refractivity contribution in [3.63, 3.8) is 0 Å². The highest BCUT2D eigenvalue weighted by Crippen LogP contribution is 2.32. The Labute approximate surface area is 128 Å². The van der Waals surface area contributed by atoms with Crippen LogP contribution in [-0.2, 0) is 4.79 Å². The van der Waals surface area contributed by atoms with Gasteiger partial charge in [-0.05, 0) is 35.9 Å². The molecule has 4 nitrogen and oxygen atoms in total. The predicted molar refractivity (Wildman–Crippen MR) is 86.9 cm³/mol. The Morgan fingerprint density at radius 1 is 0.955 bits per heavy atom. The Bertz CT molecular complexity index is 791. The molecule has 0 saturated heterocycles. The molecule has 0 unspecified atom stereocenters. The molecule has 1 aliphatic rings. The monoisotopic (exact) mass is 292 g/mol. The molecule has 0 bridgehead atoms. The van der Waals surface area contributed by atoms with E-state index in [9.17, 15) is 4.79 Å². The number of allylic oxidation sites excluding steroid dienone is 3. The van der Waals surface area contributed by atoms with Crippen molar-refractivity contribution in [2.45, 2.75) is 6.42 Å². The molecule has 0 atom stereocenters. The van der Waals surface area contributed by atoms with Crippen molar-refractivity contribution in [3.05, 3.63) is 72.1 Å². The summed E-state index contributed by atoms with van der Waals surface area (Å²) in [7, 11) is 0.